The Bertz CT molecular complexity index is 705. The predicted octanol–water partition coefficient (Wildman–Crippen LogP) is 5.04. The molecule has 0 aromatic heterocycles. The van der Waals surface area contributed by atoms with Gasteiger partial charge in [0.25, 0.3) is 0 Å². The van der Waals surface area contributed by atoms with Crippen LogP contribution in [0.1, 0.15) is 16.7 Å². The van der Waals surface area contributed by atoms with E-state index in [1.165, 1.54) is 12.1 Å². The fourth-order valence-corrected chi connectivity index (χ4v) is 2.26. The number of nitriles is 1. The van der Waals surface area contributed by atoms with Crippen molar-refractivity contribution in [3.63, 3.8) is 0 Å². The van der Waals surface area contributed by atoms with Gasteiger partial charge < -0.3 is 5.32 Å². The second kappa shape index (κ2) is 6.71. The molecule has 0 aliphatic heterocycles. The molecule has 0 heterocycles. The monoisotopic (exact) mass is 324 g/mol. The lowest BCUT2D eigenvalue weighted by molar-refractivity contribution is -0.138. The van der Waals surface area contributed by atoms with Gasteiger partial charge in [-0.2, -0.15) is 18.4 Å². The predicted molar refractivity (Wildman–Crippen MR) is 79.5 cm³/mol. The molecule has 0 radical (unpaired) electrons. The lowest BCUT2D eigenvalue weighted by Gasteiger charge is -2.15. The zero-order chi connectivity index (χ0) is 16.2. The molecule has 0 fully saturated rings. The molecule has 22 heavy (non-hydrogen) atoms. The van der Waals surface area contributed by atoms with Crippen LogP contribution in [-0.4, -0.2) is 0 Å². The number of hydrogen-bond acceptors (Lipinski definition) is 2. The van der Waals surface area contributed by atoms with Crippen molar-refractivity contribution < 1.29 is 13.2 Å². The van der Waals surface area contributed by atoms with Gasteiger partial charge in [0.15, 0.2) is 0 Å². The van der Waals surface area contributed by atoms with Gasteiger partial charge in [-0.05, 0) is 29.3 Å². The summed E-state index contributed by atoms with van der Waals surface area (Å²) >= 11 is 5.65. The van der Waals surface area contributed by atoms with Gasteiger partial charge in [-0.15, -0.1) is 0 Å². The number of nitrogens with one attached hydrogen (secondary N) is 1. The maximum atomic E-state index is 13.0. The van der Waals surface area contributed by atoms with E-state index in [4.69, 9.17) is 16.9 Å². The third-order valence-electron chi connectivity index (χ3n) is 3.13. The van der Waals surface area contributed by atoms with Gasteiger partial charge in [-0.25, -0.2) is 0 Å². The fourth-order valence-electron chi connectivity index (χ4n) is 2.09. The summed E-state index contributed by atoms with van der Waals surface area (Å²) in [6.45, 7) is -0.00550. The van der Waals surface area contributed by atoms with E-state index in [-0.39, 0.29) is 23.6 Å². The summed E-state index contributed by atoms with van der Waals surface area (Å²) in [5.74, 6) is 0. The lowest BCUT2D eigenvalue weighted by atomic mass is 10.1. The van der Waals surface area contributed by atoms with Crippen molar-refractivity contribution in [2.24, 2.45) is 0 Å². The summed E-state index contributed by atoms with van der Waals surface area (Å²) in [6.07, 6.45) is -4.27. The maximum absolute atomic E-state index is 13.0. The Hall–Kier alpha value is -2.19. The van der Waals surface area contributed by atoms with Crippen molar-refractivity contribution in [1.82, 2.24) is 0 Å². The second-order valence-corrected chi connectivity index (χ2v) is 5.08. The highest BCUT2D eigenvalue weighted by Gasteiger charge is 2.33. The Morgan fingerprint density at radius 1 is 1.09 bits per heavy atom. The molecule has 0 atom stereocenters. The molecular formula is C16H12ClF3N2. The molecule has 0 bridgehead atoms. The molecule has 114 valence electrons. The van der Waals surface area contributed by atoms with Crippen LogP contribution >= 0.6 is 11.6 Å². The summed E-state index contributed by atoms with van der Waals surface area (Å²) < 4.78 is 39.1. The van der Waals surface area contributed by atoms with Gasteiger partial charge in [-0.3, -0.25) is 0 Å². The molecule has 0 spiro atoms. The topological polar surface area (TPSA) is 35.8 Å². The Kier molecular flexibility index (Phi) is 4.94. The van der Waals surface area contributed by atoms with Crippen LogP contribution in [0, 0.1) is 11.3 Å². The first-order chi connectivity index (χ1) is 10.4. The van der Waals surface area contributed by atoms with Gasteiger partial charge in [0.1, 0.15) is 0 Å². The molecule has 0 aliphatic carbocycles. The van der Waals surface area contributed by atoms with E-state index in [9.17, 15) is 13.2 Å². The van der Waals surface area contributed by atoms with Gasteiger partial charge >= 0.3 is 6.18 Å². The van der Waals surface area contributed by atoms with Crippen molar-refractivity contribution in [3.05, 3.63) is 64.2 Å². The number of halogens is 4. The fraction of sp³-hybridized carbons (Fsp3) is 0.188. The number of para-hydroxylation sites is 1. The van der Waals surface area contributed by atoms with Crippen LogP contribution in [0.4, 0.5) is 18.9 Å². The van der Waals surface area contributed by atoms with Crippen LogP contribution in [-0.2, 0) is 19.1 Å². The molecule has 2 aromatic rings. The molecule has 0 unspecified atom stereocenters. The highest BCUT2D eigenvalue weighted by Crippen LogP contribution is 2.34. The minimum atomic E-state index is -4.46. The van der Waals surface area contributed by atoms with Crippen LogP contribution in [0.5, 0.6) is 0 Å². The summed E-state index contributed by atoms with van der Waals surface area (Å²) in [5.41, 5.74) is 0.730. The number of nitrogens with zero attached hydrogens (tertiary/aromatic N) is 1. The summed E-state index contributed by atoms with van der Waals surface area (Å²) in [6, 6.07) is 12.8. The van der Waals surface area contributed by atoms with Crippen molar-refractivity contribution in [2.75, 3.05) is 5.32 Å². The zero-order valence-corrected chi connectivity index (χ0v) is 12.2. The average Bonchev–Trinajstić information content (AvgIpc) is 2.46. The Labute approximate surface area is 131 Å². The minimum absolute atomic E-state index is 0.00550. The molecule has 1 N–H and O–H groups in total. The first-order valence-electron chi connectivity index (χ1n) is 6.46. The summed E-state index contributed by atoms with van der Waals surface area (Å²) in [7, 11) is 0. The number of hydrogen-bond donors (Lipinski definition) is 1. The van der Waals surface area contributed by atoms with Crippen molar-refractivity contribution in [3.8, 4) is 6.07 Å². The molecule has 0 saturated carbocycles. The number of anilines is 1. The summed E-state index contributed by atoms with van der Waals surface area (Å²) in [4.78, 5) is 0. The zero-order valence-electron chi connectivity index (χ0n) is 11.4. The highest BCUT2D eigenvalue weighted by atomic mass is 35.5. The van der Waals surface area contributed by atoms with Crippen molar-refractivity contribution >= 4 is 17.3 Å². The Morgan fingerprint density at radius 2 is 1.82 bits per heavy atom. The van der Waals surface area contributed by atoms with Crippen LogP contribution in [0.2, 0.25) is 5.02 Å². The SMILES string of the molecule is N#CCc1ccccc1NCc1ccc(Cl)cc1C(F)(F)F. The smallest absolute Gasteiger partial charge is 0.381 e. The number of benzene rings is 2. The number of rotatable bonds is 4. The first-order valence-corrected chi connectivity index (χ1v) is 6.84. The molecule has 0 amide bonds. The van der Waals surface area contributed by atoms with E-state index in [2.05, 4.69) is 5.32 Å². The third kappa shape index (κ3) is 3.92. The van der Waals surface area contributed by atoms with Crippen LogP contribution in [0.3, 0.4) is 0 Å². The lowest BCUT2D eigenvalue weighted by Crippen LogP contribution is -2.12. The number of alkyl halides is 3. The van der Waals surface area contributed by atoms with Crippen molar-refractivity contribution in [1.29, 1.82) is 5.26 Å². The highest BCUT2D eigenvalue weighted by molar-refractivity contribution is 6.30. The quantitative estimate of drug-likeness (QED) is 0.855. The van der Waals surface area contributed by atoms with Crippen LogP contribution < -0.4 is 5.32 Å². The van der Waals surface area contributed by atoms with E-state index in [0.29, 0.717) is 5.69 Å². The second-order valence-electron chi connectivity index (χ2n) is 4.64. The third-order valence-corrected chi connectivity index (χ3v) is 3.37. The van der Waals surface area contributed by atoms with Crippen LogP contribution in [0.25, 0.3) is 0 Å². The maximum Gasteiger partial charge on any atom is 0.416 e. The van der Waals surface area contributed by atoms with Crippen LogP contribution in [0.15, 0.2) is 42.5 Å². The van der Waals surface area contributed by atoms with Gasteiger partial charge in [0.05, 0.1) is 18.1 Å². The van der Waals surface area contributed by atoms with E-state index in [1.807, 2.05) is 6.07 Å². The normalized spacial score (nSPS) is 11.0. The molecule has 2 rings (SSSR count). The van der Waals surface area contributed by atoms with Gasteiger partial charge in [-0.1, -0.05) is 35.9 Å². The Morgan fingerprint density at radius 3 is 2.50 bits per heavy atom. The molecule has 0 aliphatic rings. The largest absolute Gasteiger partial charge is 0.416 e. The van der Waals surface area contributed by atoms with E-state index < -0.39 is 11.7 Å². The van der Waals surface area contributed by atoms with E-state index >= 15 is 0 Å². The summed E-state index contributed by atoms with van der Waals surface area (Å²) in [5, 5.41) is 11.8. The Balaban J connectivity index is 2.25. The first kappa shape index (κ1) is 16.2. The standard InChI is InChI=1S/C16H12ClF3N2/c17-13-6-5-12(14(9-13)16(18,19)20)10-22-15-4-2-1-3-11(15)7-8-21/h1-6,9,22H,7,10H2. The average molecular weight is 325 g/mol. The van der Waals surface area contributed by atoms with Gasteiger partial charge in [0, 0.05) is 17.3 Å². The molecular weight excluding hydrogens is 313 g/mol. The minimum Gasteiger partial charge on any atom is -0.381 e. The van der Waals surface area contributed by atoms with Gasteiger partial charge in [0.2, 0.25) is 0 Å². The molecule has 2 aromatic carbocycles. The van der Waals surface area contributed by atoms with E-state index in [0.717, 1.165) is 11.6 Å². The molecule has 2 nitrogen and oxygen atoms in total. The van der Waals surface area contributed by atoms with E-state index in [1.54, 1.807) is 24.3 Å². The molecule has 0 saturated heterocycles. The molecule has 6 heteroatoms. The van der Waals surface area contributed by atoms with Crippen molar-refractivity contribution in [2.45, 2.75) is 19.1 Å².